The zero-order valence-corrected chi connectivity index (χ0v) is 12.4. The zero-order chi connectivity index (χ0) is 13.9. The second-order valence-electron chi connectivity index (χ2n) is 5.45. The van der Waals surface area contributed by atoms with Crippen LogP contribution in [-0.4, -0.2) is 21.7 Å². The van der Waals surface area contributed by atoms with Crippen LogP contribution in [0, 0.1) is 6.92 Å². The number of thiophene rings is 1. The lowest BCUT2D eigenvalue weighted by molar-refractivity contribution is 0.0926. The lowest BCUT2D eigenvalue weighted by Gasteiger charge is -2.29. The fourth-order valence-electron chi connectivity index (χ4n) is 2.79. The molecule has 20 heavy (non-hydrogen) atoms. The molecule has 0 atom stereocenters. The summed E-state index contributed by atoms with van der Waals surface area (Å²) in [6, 6.07) is 4.71. The molecule has 0 saturated heterocycles. The molecule has 1 amide bonds. The van der Waals surface area contributed by atoms with E-state index in [4.69, 9.17) is 0 Å². The van der Waals surface area contributed by atoms with Gasteiger partial charge in [-0.1, -0.05) is 0 Å². The molecule has 2 aromatic heterocycles. The molecule has 1 fully saturated rings. The molecule has 0 bridgehead atoms. The summed E-state index contributed by atoms with van der Waals surface area (Å²) in [6.07, 6.45) is 8.07. The summed E-state index contributed by atoms with van der Waals surface area (Å²) >= 11 is 1.52. The summed E-state index contributed by atoms with van der Waals surface area (Å²) in [6.45, 7) is 2.02. The van der Waals surface area contributed by atoms with Crippen LogP contribution in [0.4, 0.5) is 0 Å². The Kier molecular flexibility index (Phi) is 3.87. The second-order valence-corrected chi connectivity index (χ2v) is 6.36. The van der Waals surface area contributed by atoms with Crippen molar-refractivity contribution in [1.29, 1.82) is 0 Å². The van der Waals surface area contributed by atoms with Crippen LogP contribution >= 0.6 is 11.3 Å². The van der Waals surface area contributed by atoms with Crippen LogP contribution in [0.1, 0.15) is 47.0 Å². The first-order valence-electron chi connectivity index (χ1n) is 7.07. The summed E-state index contributed by atoms with van der Waals surface area (Å²) in [5, 5.41) is 9.48. The van der Waals surface area contributed by atoms with Gasteiger partial charge < -0.3 is 5.32 Å². The third-order valence-corrected chi connectivity index (χ3v) is 4.93. The van der Waals surface area contributed by atoms with E-state index in [2.05, 4.69) is 10.4 Å². The normalized spacial score (nSPS) is 22.6. The highest BCUT2D eigenvalue weighted by Crippen LogP contribution is 2.28. The van der Waals surface area contributed by atoms with Gasteiger partial charge in [0.2, 0.25) is 0 Å². The molecule has 1 aliphatic rings. The van der Waals surface area contributed by atoms with Crippen molar-refractivity contribution < 1.29 is 4.79 Å². The molecule has 0 aliphatic heterocycles. The smallest absolute Gasteiger partial charge is 0.261 e. The topological polar surface area (TPSA) is 46.9 Å². The maximum absolute atomic E-state index is 12.1. The Balaban J connectivity index is 1.52. The summed E-state index contributed by atoms with van der Waals surface area (Å²) in [7, 11) is 0. The summed E-state index contributed by atoms with van der Waals surface area (Å²) in [5.41, 5.74) is 1.16. The predicted molar refractivity (Wildman–Crippen MR) is 80.0 cm³/mol. The second kappa shape index (κ2) is 5.79. The van der Waals surface area contributed by atoms with E-state index >= 15 is 0 Å². The van der Waals surface area contributed by atoms with E-state index in [9.17, 15) is 4.79 Å². The molecule has 0 radical (unpaired) electrons. The molecule has 0 aromatic carbocycles. The molecule has 1 saturated carbocycles. The van der Waals surface area contributed by atoms with Crippen molar-refractivity contribution in [3.63, 3.8) is 0 Å². The van der Waals surface area contributed by atoms with Gasteiger partial charge in [0.15, 0.2) is 0 Å². The molecule has 2 heterocycles. The molecule has 2 aromatic rings. The first kappa shape index (κ1) is 13.4. The number of carbonyl (C=O) groups is 1. The summed E-state index contributed by atoms with van der Waals surface area (Å²) < 4.78 is 2.04. The van der Waals surface area contributed by atoms with Crippen LogP contribution in [0.5, 0.6) is 0 Å². The van der Waals surface area contributed by atoms with Gasteiger partial charge in [-0.3, -0.25) is 9.48 Å². The van der Waals surface area contributed by atoms with Gasteiger partial charge in [0.25, 0.3) is 5.91 Å². The number of aromatic nitrogens is 2. The quantitative estimate of drug-likeness (QED) is 0.943. The van der Waals surface area contributed by atoms with E-state index in [-0.39, 0.29) is 5.91 Å². The van der Waals surface area contributed by atoms with E-state index in [0.29, 0.717) is 12.1 Å². The van der Waals surface area contributed by atoms with Gasteiger partial charge in [0.05, 0.1) is 10.9 Å². The molecule has 5 heteroatoms. The third-order valence-electron chi connectivity index (χ3n) is 3.89. The molecular formula is C15H19N3OS. The standard InChI is InChI=1S/C15H19N3OS/c1-11-9-14(20-10-11)15(19)17-12-3-5-13(6-4-12)18-8-2-7-16-18/h2,7-10,12-13H,3-6H2,1H3,(H,17,19). The first-order valence-corrected chi connectivity index (χ1v) is 7.95. The van der Waals surface area contributed by atoms with E-state index in [1.54, 1.807) is 0 Å². The molecule has 0 spiro atoms. The van der Waals surface area contributed by atoms with Crippen molar-refractivity contribution >= 4 is 17.2 Å². The highest BCUT2D eigenvalue weighted by atomic mass is 32.1. The molecule has 3 rings (SSSR count). The number of nitrogens with one attached hydrogen (secondary N) is 1. The minimum atomic E-state index is 0.0747. The maximum atomic E-state index is 12.1. The number of hydrogen-bond donors (Lipinski definition) is 1. The Morgan fingerprint density at radius 2 is 2.20 bits per heavy atom. The van der Waals surface area contributed by atoms with Gasteiger partial charge in [-0.05, 0) is 55.7 Å². The van der Waals surface area contributed by atoms with Crippen LogP contribution in [0.3, 0.4) is 0 Å². The number of amides is 1. The number of hydrogen-bond acceptors (Lipinski definition) is 3. The predicted octanol–water partition coefficient (Wildman–Crippen LogP) is 3.17. The van der Waals surface area contributed by atoms with Gasteiger partial charge in [0.1, 0.15) is 0 Å². The Labute approximate surface area is 122 Å². The Hall–Kier alpha value is -1.62. The Morgan fingerprint density at radius 1 is 1.40 bits per heavy atom. The van der Waals surface area contributed by atoms with Crippen molar-refractivity contribution in [3.05, 3.63) is 40.3 Å². The highest BCUT2D eigenvalue weighted by molar-refractivity contribution is 7.12. The number of aryl methyl sites for hydroxylation is 1. The molecular weight excluding hydrogens is 270 g/mol. The van der Waals surface area contributed by atoms with Crippen molar-refractivity contribution in [2.24, 2.45) is 0 Å². The van der Waals surface area contributed by atoms with Crippen molar-refractivity contribution in [3.8, 4) is 0 Å². The Bertz CT molecular complexity index is 568. The average Bonchev–Trinajstić information content (AvgIpc) is 3.10. The first-order chi connectivity index (χ1) is 9.72. The minimum absolute atomic E-state index is 0.0747. The van der Waals surface area contributed by atoms with Crippen molar-refractivity contribution in [1.82, 2.24) is 15.1 Å². The van der Waals surface area contributed by atoms with Crippen molar-refractivity contribution in [2.45, 2.75) is 44.7 Å². The van der Waals surface area contributed by atoms with E-state index in [1.807, 2.05) is 41.5 Å². The maximum Gasteiger partial charge on any atom is 0.261 e. The summed E-state index contributed by atoms with van der Waals surface area (Å²) in [5.74, 6) is 0.0747. The van der Waals surface area contributed by atoms with Gasteiger partial charge in [-0.15, -0.1) is 11.3 Å². The van der Waals surface area contributed by atoms with Crippen LogP contribution in [0.2, 0.25) is 0 Å². The van der Waals surface area contributed by atoms with E-state index < -0.39 is 0 Å². The van der Waals surface area contributed by atoms with Gasteiger partial charge >= 0.3 is 0 Å². The van der Waals surface area contributed by atoms with Crippen molar-refractivity contribution in [2.75, 3.05) is 0 Å². The van der Waals surface area contributed by atoms with E-state index in [0.717, 1.165) is 36.1 Å². The average molecular weight is 289 g/mol. The molecule has 106 valence electrons. The molecule has 1 N–H and O–H groups in total. The molecule has 0 unspecified atom stereocenters. The molecule has 4 nitrogen and oxygen atoms in total. The monoisotopic (exact) mass is 289 g/mol. The lowest BCUT2D eigenvalue weighted by atomic mass is 9.91. The fourth-order valence-corrected chi connectivity index (χ4v) is 3.59. The fraction of sp³-hybridized carbons (Fsp3) is 0.467. The highest BCUT2D eigenvalue weighted by Gasteiger charge is 2.24. The number of rotatable bonds is 3. The SMILES string of the molecule is Cc1csc(C(=O)NC2CCC(n3cccn3)CC2)c1. The largest absolute Gasteiger partial charge is 0.349 e. The van der Waals surface area contributed by atoms with Crippen LogP contribution < -0.4 is 5.32 Å². The van der Waals surface area contributed by atoms with Crippen LogP contribution in [0.25, 0.3) is 0 Å². The van der Waals surface area contributed by atoms with E-state index in [1.165, 1.54) is 11.3 Å². The van der Waals surface area contributed by atoms with Gasteiger partial charge in [-0.2, -0.15) is 5.10 Å². The molecule has 1 aliphatic carbocycles. The third kappa shape index (κ3) is 2.93. The Morgan fingerprint density at radius 3 is 2.80 bits per heavy atom. The minimum Gasteiger partial charge on any atom is -0.349 e. The van der Waals surface area contributed by atoms with Gasteiger partial charge in [0, 0.05) is 18.4 Å². The van der Waals surface area contributed by atoms with Crippen LogP contribution in [-0.2, 0) is 0 Å². The van der Waals surface area contributed by atoms with Crippen LogP contribution in [0.15, 0.2) is 29.9 Å². The lowest BCUT2D eigenvalue weighted by Crippen LogP contribution is -2.37. The number of carbonyl (C=O) groups excluding carboxylic acids is 1. The zero-order valence-electron chi connectivity index (χ0n) is 11.6. The van der Waals surface area contributed by atoms with Gasteiger partial charge in [-0.25, -0.2) is 0 Å². The number of nitrogens with zero attached hydrogens (tertiary/aromatic N) is 2. The summed E-state index contributed by atoms with van der Waals surface area (Å²) in [4.78, 5) is 12.9.